The fraction of sp³-hybridized carbons (Fsp3) is 0.0667. The second-order valence-corrected chi connectivity index (χ2v) is 9.32. The van der Waals surface area contributed by atoms with Crippen molar-refractivity contribution in [2.75, 3.05) is 0 Å². The van der Waals surface area contributed by atoms with Crippen LogP contribution < -0.4 is 19.9 Å². The summed E-state index contributed by atoms with van der Waals surface area (Å²) in [7, 11) is 0. The monoisotopic (exact) mass is 542 g/mol. The number of carbonyl (C=O) groups is 1. The Hall–Kier alpha value is -4.44. The van der Waals surface area contributed by atoms with E-state index in [2.05, 4.69) is 6.07 Å². The minimum atomic E-state index is -0.599. The highest BCUT2D eigenvalue weighted by atomic mass is 35.5. The van der Waals surface area contributed by atoms with E-state index in [0.717, 1.165) is 11.1 Å². The van der Waals surface area contributed by atoms with Crippen molar-refractivity contribution >= 4 is 29.2 Å². The van der Waals surface area contributed by atoms with Gasteiger partial charge in [-0.15, -0.1) is 0 Å². The highest BCUT2D eigenvalue weighted by molar-refractivity contribution is 6.33. The number of carbonyl (C=O) groups excluding carboxylic acids is 1. The van der Waals surface area contributed by atoms with Crippen molar-refractivity contribution in [3.63, 3.8) is 0 Å². The molecule has 8 heteroatoms. The number of rotatable bonds is 6. The van der Waals surface area contributed by atoms with Crippen LogP contribution in [0.15, 0.2) is 102 Å². The Balaban J connectivity index is 1.38. The van der Waals surface area contributed by atoms with E-state index >= 15 is 0 Å². The molecule has 1 unspecified atom stereocenters. The van der Waals surface area contributed by atoms with Gasteiger partial charge >= 0.3 is 5.97 Å². The number of fused-ring (bicyclic) bond motifs is 1. The van der Waals surface area contributed by atoms with Crippen LogP contribution in [0.25, 0.3) is 0 Å². The van der Waals surface area contributed by atoms with Gasteiger partial charge in [-0.3, -0.25) is 0 Å². The summed E-state index contributed by atoms with van der Waals surface area (Å²) in [5.41, 5.74) is 9.18. The maximum atomic E-state index is 12.6. The van der Waals surface area contributed by atoms with Crippen molar-refractivity contribution in [3.05, 3.63) is 135 Å². The molecule has 0 aliphatic carbocycles. The second-order valence-electron chi connectivity index (χ2n) is 8.48. The fourth-order valence-corrected chi connectivity index (χ4v) is 4.47. The van der Waals surface area contributed by atoms with Gasteiger partial charge in [-0.25, -0.2) is 4.79 Å². The van der Waals surface area contributed by atoms with E-state index in [1.807, 2.05) is 48.5 Å². The maximum absolute atomic E-state index is 12.6. The minimum Gasteiger partial charge on any atom is -0.489 e. The normalized spacial score (nSPS) is 14.2. The molecule has 0 saturated carbocycles. The summed E-state index contributed by atoms with van der Waals surface area (Å²) in [6, 6.07) is 28.6. The average molecular weight is 543 g/mol. The Morgan fingerprint density at radius 2 is 1.66 bits per heavy atom. The van der Waals surface area contributed by atoms with Crippen LogP contribution in [0, 0.1) is 11.3 Å². The van der Waals surface area contributed by atoms with Crippen LogP contribution in [0.2, 0.25) is 10.0 Å². The molecule has 0 saturated heterocycles. The zero-order chi connectivity index (χ0) is 26.6. The molecule has 0 fully saturated rings. The Kier molecular flexibility index (Phi) is 7.23. The smallest absolute Gasteiger partial charge is 0.345 e. The first-order valence-electron chi connectivity index (χ1n) is 11.6. The lowest BCUT2D eigenvalue weighted by atomic mass is 9.83. The molecule has 4 aromatic carbocycles. The molecule has 4 aromatic rings. The van der Waals surface area contributed by atoms with Crippen LogP contribution >= 0.6 is 23.2 Å². The first-order chi connectivity index (χ1) is 18.4. The average Bonchev–Trinajstić information content (AvgIpc) is 2.92. The Morgan fingerprint density at radius 1 is 0.947 bits per heavy atom. The van der Waals surface area contributed by atoms with Gasteiger partial charge < -0.3 is 19.9 Å². The first kappa shape index (κ1) is 25.2. The van der Waals surface area contributed by atoms with Crippen LogP contribution in [0.5, 0.6) is 17.2 Å². The number of hydrogen-bond acceptors (Lipinski definition) is 6. The van der Waals surface area contributed by atoms with Crippen LogP contribution in [-0.4, -0.2) is 5.97 Å². The van der Waals surface area contributed by atoms with E-state index in [-0.39, 0.29) is 22.8 Å². The third-order valence-electron chi connectivity index (χ3n) is 6.03. The molecule has 0 radical (unpaired) electrons. The molecular weight excluding hydrogens is 523 g/mol. The lowest BCUT2D eigenvalue weighted by Crippen LogP contribution is -2.21. The summed E-state index contributed by atoms with van der Waals surface area (Å²) in [5.74, 6) is 0.238. The Labute approximate surface area is 229 Å². The van der Waals surface area contributed by atoms with E-state index in [4.69, 9.17) is 43.1 Å². The molecular formula is C30H20Cl2N2O4. The number of hydrogen-bond donors (Lipinski definition) is 1. The van der Waals surface area contributed by atoms with E-state index in [9.17, 15) is 10.1 Å². The summed E-state index contributed by atoms with van der Waals surface area (Å²) < 4.78 is 17.1. The zero-order valence-electron chi connectivity index (χ0n) is 19.9. The second kappa shape index (κ2) is 10.9. The molecule has 1 aliphatic heterocycles. The SMILES string of the molecule is N#CC1=C(N)Oc2cc(OC(=O)c3ccccc3Cl)ccc2C1c1ccc(OCc2ccc(Cl)cc2)cc1. The molecule has 0 bridgehead atoms. The number of esters is 1. The molecule has 188 valence electrons. The Bertz CT molecular complexity index is 1580. The topological polar surface area (TPSA) is 94.6 Å². The molecule has 1 atom stereocenters. The lowest BCUT2D eigenvalue weighted by molar-refractivity contribution is 0.0734. The van der Waals surface area contributed by atoms with Gasteiger partial charge in [-0.1, -0.05) is 65.7 Å². The predicted octanol–water partition coefficient (Wildman–Crippen LogP) is 7.01. The van der Waals surface area contributed by atoms with E-state index in [1.165, 1.54) is 0 Å². The summed E-state index contributed by atoms with van der Waals surface area (Å²) in [6.07, 6.45) is 0. The van der Waals surface area contributed by atoms with Crippen molar-refractivity contribution < 1.29 is 19.0 Å². The van der Waals surface area contributed by atoms with Gasteiger partial charge in [0, 0.05) is 16.7 Å². The molecule has 5 rings (SSSR count). The summed E-state index contributed by atoms with van der Waals surface area (Å²) in [6.45, 7) is 0.391. The summed E-state index contributed by atoms with van der Waals surface area (Å²) in [5, 5.41) is 10.8. The van der Waals surface area contributed by atoms with Crippen molar-refractivity contribution in [1.82, 2.24) is 0 Å². The van der Waals surface area contributed by atoms with Crippen LogP contribution in [0.3, 0.4) is 0 Å². The van der Waals surface area contributed by atoms with Crippen molar-refractivity contribution in [3.8, 4) is 23.3 Å². The van der Waals surface area contributed by atoms with Gasteiger partial charge in [-0.05, 0) is 53.6 Å². The number of benzene rings is 4. The van der Waals surface area contributed by atoms with E-state index in [0.29, 0.717) is 33.7 Å². The first-order valence-corrected chi connectivity index (χ1v) is 12.3. The third-order valence-corrected chi connectivity index (χ3v) is 6.61. The molecule has 6 nitrogen and oxygen atoms in total. The molecule has 1 aliphatic rings. The minimum absolute atomic E-state index is 0.0114. The molecule has 38 heavy (non-hydrogen) atoms. The Morgan fingerprint density at radius 3 is 2.37 bits per heavy atom. The van der Waals surface area contributed by atoms with Gasteiger partial charge in [0.05, 0.1) is 16.5 Å². The van der Waals surface area contributed by atoms with Gasteiger partial charge in [-0.2, -0.15) is 5.26 Å². The predicted molar refractivity (Wildman–Crippen MR) is 144 cm³/mol. The largest absolute Gasteiger partial charge is 0.489 e. The standard InChI is InChI=1S/C30H20Cl2N2O4/c31-20-9-5-18(6-10-20)17-36-21-11-7-19(8-12-21)28-24-14-13-22(15-27(24)38-29(34)25(28)16-33)37-30(35)23-3-1-2-4-26(23)32/h1-15,28H,17,34H2. The van der Waals surface area contributed by atoms with E-state index in [1.54, 1.807) is 42.5 Å². The zero-order valence-corrected chi connectivity index (χ0v) is 21.4. The van der Waals surface area contributed by atoms with Gasteiger partial charge in [0.25, 0.3) is 0 Å². The van der Waals surface area contributed by atoms with Crippen LogP contribution in [0.4, 0.5) is 0 Å². The summed E-state index contributed by atoms with van der Waals surface area (Å²) >= 11 is 12.1. The van der Waals surface area contributed by atoms with Gasteiger partial charge in [0.2, 0.25) is 5.88 Å². The van der Waals surface area contributed by atoms with Crippen molar-refractivity contribution in [2.24, 2.45) is 5.73 Å². The number of nitrogens with zero attached hydrogens (tertiary/aromatic N) is 1. The lowest BCUT2D eigenvalue weighted by Gasteiger charge is -2.26. The van der Waals surface area contributed by atoms with Gasteiger partial charge in [0.15, 0.2) is 0 Å². The number of nitrogens with two attached hydrogens (primary N) is 1. The maximum Gasteiger partial charge on any atom is 0.345 e. The molecule has 0 spiro atoms. The van der Waals surface area contributed by atoms with Crippen molar-refractivity contribution in [1.29, 1.82) is 5.26 Å². The quantitative estimate of drug-likeness (QED) is 0.208. The molecule has 1 heterocycles. The fourth-order valence-electron chi connectivity index (χ4n) is 4.13. The summed E-state index contributed by atoms with van der Waals surface area (Å²) in [4.78, 5) is 12.6. The third kappa shape index (κ3) is 5.30. The number of halogens is 2. The molecule has 0 amide bonds. The van der Waals surface area contributed by atoms with Crippen LogP contribution in [0.1, 0.15) is 33.0 Å². The van der Waals surface area contributed by atoms with Gasteiger partial charge in [0.1, 0.15) is 35.5 Å². The highest BCUT2D eigenvalue weighted by Gasteiger charge is 2.31. The molecule has 2 N–H and O–H groups in total. The van der Waals surface area contributed by atoms with Crippen molar-refractivity contribution in [2.45, 2.75) is 12.5 Å². The number of ether oxygens (including phenoxy) is 3. The number of allylic oxidation sites excluding steroid dienone is 1. The van der Waals surface area contributed by atoms with Crippen LogP contribution in [-0.2, 0) is 6.61 Å². The highest BCUT2D eigenvalue weighted by Crippen LogP contribution is 2.43. The van der Waals surface area contributed by atoms with E-state index < -0.39 is 11.9 Å². The molecule has 0 aromatic heterocycles. The number of nitriles is 1.